The summed E-state index contributed by atoms with van der Waals surface area (Å²) >= 11 is 5.90. The number of aliphatic carboxylic acids is 1. The summed E-state index contributed by atoms with van der Waals surface area (Å²) in [6.45, 7) is 8.28. The molecule has 1 aliphatic rings. The van der Waals surface area contributed by atoms with Crippen LogP contribution in [0.3, 0.4) is 0 Å². The molecule has 23 heavy (non-hydrogen) atoms. The zero-order valence-corrected chi connectivity index (χ0v) is 14.2. The normalized spacial score (nSPS) is 22.0. The van der Waals surface area contributed by atoms with Crippen molar-refractivity contribution in [1.82, 2.24) is 4.90 Å². The lowest BCUT2D eigenvalue weighted by Gasteiger charge is -2.21. The molecule has 1 fully saturated rings. The highest BCUT2D eigenvalue weighted by molar-refractivity contribution is 6.30. The smallest absolute Gasteiger partial charge is 0.308 e. The van der Waals surface area contributed by atoms with Gasteiger partial charge in [-0.2, -0.15) is 0 Å². The first-order valence-electron chi connectivity index (χ1n) is 7.71. The second-order valence-corrected chi connectivity index (χ2v) is 6.84. The first-order chi connectivity index (χ1) is 10.8. The van der Waals surface area contributed by atoms with Gasteiger partial charge in [0.2, 0.25) is 5.91 Å². The van der Waals surface area contributed by atoms with Crippen LogP contribution < -0.4 is 0 Å². The van der Waals surface area contributed by atoms with E-state index in [-0.39, 0.29) is 24.3 Å². The van der Waals surface area contributed by atoms with Crippen LogP contribution in [0.1, 0.15) is 31.7 Å². The predicted molar refractivity (Wildman–Crippen MR) is 90.5 cm³/mol. The van der Waals surface area contributed by atoms with Crippen molar-refractivity contribution >= 4 is 23.5 Å². The monoisotopic (exact) mass is 335 g/mol. The van der Waals surface area contributed by atoms with Gasteiger partial charge in [-0.25, -0.2) is 0 Å². The van der Waals surface area contributed by atoms with Gasteiger partial charge in [-0.15, -0.1) is 6.58 Å². The molecule has 1 aromatic carbocycles. The number of allylic oxidation sites excluding steroid dienone is 1. The summed E-state index contributed by atoms with van der Waals surface area (Å²) in [6.07, 6.45) is 0.624. The number of likely N-dealkylation sites (tertiary alicyclic amines) is 1. The molecular formula is C18H22ClNO3. The lowest BCUT2D eigenvalue weighted by atomic mass is 9.89. The Bertz CT molecular complexity index is 611. The fourth-order valence-electron chi connectivity index (χ4n) is 3.20. The maximum atomic E-state index is 12.6. The van der Waals surface area contributed by atoms with E-state index in [0.29, 0.717) is 18.0 Å². The molecule has 1 amide bonds. The molecule has 0 saturated carbocycles. The Morgan fingerprint density at radius 2 is 1.96 bits per heavy atom. The van der Waals surface area contributed by atoms with Gasteiger partial charge in [-0.1, -0.05) is 36.2 Å². The molecule has 4 nitrogen and oxygen atoms in total. The molecule has 0 aliphatic carbocycles. The molecule has 0 spiro atoms. The van der Waals surface area contributed by atoms with Gasteiger partial charge in [0.1, 0.15) is 0 Å². The standard InChI is InChI=1S/C18H22ClNO3/c1-11(2)8-12(3)17(21)20-9-15(16(10-20)18(22)23)13-4-6-14(19)7-5-13/h4-7,12,15-16H,1,8-10H2,2-3H3,(H,22,23)/t12?,15-,16+/m0/s1. The minimum absolute atomic E-state index is 0.00397. The number of carboxylic acid groups (broad SMARTS) is 1. The SMILES string of the molecule is C=C(C)CC(C)C(=O)N1C[C@@H](C(=O)O)[C@H](c2ccc(Cl)cc2)C1. The van der Waals surface area contributed by atoms with Gasteiger partial charge in [0, 0.05) is 29.9 Å². The number of amides is 1. The molecule has 2 rings (SSSR count). The van der Waals surface area contributed by atoms with Crippen molar-refractivity contribution in [3.8, 4) is 0 Å². The Balaban J connectivity index is 2.17. The summed E-state index contributed by atoms with van der Waals surface area (Å²) in [5.41, 5.74) is 1.86. The van der Waals surface area contributed by atoms with E-state index in [0.717, 1.165) is 11.1 Å². The lowest BCUT2D eigenvalue weighted by Crippen LogP contribution is -2.34. The molecule has 1 N–H and O–H groups in total. The van der Waals surface area contributed by atoms with E-state index in [2.05, 4.69) is 6.58 Å². The molecular weight excluding hydrogens is 314 g/mol. The number of rotatable bonds is 5. The minimum atomic E-state index is -0.868. The number of nitrogens with zero attached hydrogens (tertiary/aromatic N) is 1. The third kappa shape index (κ3) is 4.14. The molecule has 1 heterocycles. The summed E-state index contributed by atoms with van der Waals surface area (Å²) < 4.78 is 0. The van der Waals surface area contributed by atoms with E-state index in [9.17, 15) is 14.7 Å². The fraction of sp³-hybridized carbons (Fsp3) is 0.444. The van der Waals surface area contributed by atoms with Crippen LogP contribution in [0.5, 0.6) is 0 Å². The maximum Gasteiger partial charge on any atom is 0.308 e. The van der Waals surface area contributed by atoms with Gasteiger partial charge < -0.3 is 10.0 Å². The Hall–Kier alpha value is -1.81. The Labute approximate surface area is 141 Å². The number of carboxylic acids is 1. The summed E-state index contributed by atoms with van der Waals surface area (Å²) in [5, 5.41) is 10.1. The molecule has 1 saturated heterocycles. The quantitative estimate of drug-likeness (QED) is 0.837. The molecule has 5 heteroatoms. The number of carbonyl (C=O) groups excluding carboxylic acids is 1. The molecule has 124 valence electrons. The Morgan fingerprint density at radius 1 is 1.35 bits per heavy atom. The van der Waals surface area contributed by atoms with Crippen LogP contribution in [0.25, 0.3) is 0 Å². The molecule has 0 aromatic heterocycles. The first-order valence-corrected chi connectivity index (χ1v) is 8.08. The zero-order chi connectivity index (χ0) is 17.1. The maximum absolute atomic E-state index is 12.6. The van der Waals surface area contributed by atoms with Crippen LogP contribution in [-0.4, -0.2) is 35.0 Å². The summed E-state index contributed by atoms with van der Waals surface area (Å²) in [7, 11) is 0. The van der Waals surface area contributed by atoms with Gasteiger partial charge in [-0.05, 0) is 31.0 Å². The molecule has 1 unspecified atom stereocenters. The van der Waals surface area contributed by atoms with Crippen LogP contribution in [0.4, 0.5) is 0 Å². The van der Waals surface area contributed by atoms with Gasteiger partial charge in [0.15, 0.2) is 0 Å². The van der Waals surface area contributed by atoms with Crippen molar-refractivity contribution in [3.63, 3.8) is 0 Å². The third-order valence-electron chi connectivity index (χ3n) is 4.32. The van der Waals surface area contributed by atoms with Crippen LogP contribution in [0, 0.1) is 11.8 Å². The molecule has 3 atom stereocenters. The van der Waals surface area contributed by atoms with Crippen LogP contribution in [-0.2, 0) is 9.59 Å². The number of carbonyl (C=O) groups is 2. The first kappa shape index (κ1) is 17.5. The van der Waals surface area contributed by atoms with Crippen LogP contribution in [0.15, 0.2) is 36.4 Å². The largest absolute Gasteiger partial charge is 0.481 e. The van der Waals surface area contributed by atoms with Crippen molar-refractivity contribution in [2.24, 2.45) is 11.8 Å². The average molecular weight is 336 g/mol. The molecule has 1 aromatic rings. The van der Waals surface area contributed by atoms with Crippen LogP contribution >= 0.6 is 11.6 Å². The van der Waals surface area contributed by atoms with Crippen molar-refractivity contribution < 1.29 is 14.7 Å². The van der Waals surface area contributed by atoms with E-state index in [4.69, 9.17) is 11.6 Å². The summed E-state index contributed by atoms with van der Waals surface area (Å²) in [6, 6.07) is 7.19. The van der Waals surface area contributed by atoms with Crippen molar-refractivity contribution in [2.75, 3.05) is 13.1 Å². The number of hydrogen-bond donors (Lipinski definition) is 1. The van der Waals surface area contributed by atoms with Gasteiger partial charge >= 0.3 is 5.97 Å². The van der Waals surface area contributed by atoms with E-state index >= 15 is 0 Å². The second-order valence-electron chi connectivity index (χ2n) is 6.41. The van der Waals surface area contributed by atoms with Crippen molar-refractivity contribution in [2.45, 2.75) is 26.2 Å². The average Bonchev–Trinajstić information content (AvgIpc) is 2.91. The highest BCUT2D eigenvalue weighted by Crippen LogP contribution is 2.34. The highest BCUT2D eigenvalue weighted by Gasteiger charge is 2.41. The number of hydrogen-bond acceptors (Lipinski definition) is 2. The van der Waals surface area contributed by atoms with E-state index in [1.807, 2.05) is 26.0 Å². The Kier molecular flexibility index (Phi) is 5.47. The number of benzene rings is 1. The second kappa shape index (κ2) is 7.18. The minimum Gasteiger partial charge on any atom is -0.481 e. The molecule has 0 bridgehead atoms. The summed E-state index contributed by atoms with van der Waals surface area (Å²) in [4.78, 5) is 25.8. The Morgan fingerprint density at radius 3 is 2.48 bits per heavy atom. The van der Waals surface area contributed by atoms with E-state index in [1.54, 1.807) is 17.0 Å². The molecule has 0 radical (unpaired) electrons. The van der Waals surface area contributed by atoms with E-state index in [1.165, 1.54) is 0 Å². The highest BCUT2D eigenvalue weighted by atomic mass is 35.5. The predicted octanol–water partition coefficient (Wildman–Crippen LogP) is 3.57. The van der Waals surface area contributed by atoms with Gasteiger partial charge in [0.25, 0.3) is 0 Å². The lowest BCUT2D eigenvalue weighted by molar-refractivity contribution is -0.142. The summed E-state index contributed by atoms with van der Waals surface area (Å²) in [5.74, 6) is -1.84. The molecule has 1 aliphatic heterocycles. The van der Waals surface area contributed by atoms with E-state index < -0.39 is 11.9 Å². The fourth-order valence-corrected chi connectivity index (χ4v) is 3.33. The van der Waals surface area contributed by atoms with Crippen molar-refractivity contribution in [1.29, 1.82) is 0 Å². The topological polar surface area (TPSA) is 57.6 Å². The van der Waals surface area contributed by atoms with Crippen LogP contribution in [0.2, 0.25) is 5.02 Å². The van der Waals surface area contributed by atoms with Gasteiger partial charge in [0.05, 0.1) is 5.92 Å². The third-order valence-corrected chi connectivity index (χ3v) is 4.58. The van der Waals surface area contributed by atoms with Gasteiger partial charge in [-0.3, -0.25) is 9.59 Å². The zero-order valence-electron chi connectivity index (χ0n) is 13.5. The number of halogens is 1. The van der Waals surface area contributed by atoms with Crippen molar-refractivity contribution in [3.05, 3.63) is 47.0 Å².